The Morgan fingerprint density at radius 1 is 1.22 bits per heavy atom. The Kier molecular flexibility index (Phi) is 9.00. The molecule has 32 heavy (non-hydrogen) atoms. The standard InChI is InChI=1S/C22H29F2N5O3/c1-2-25-22(28-15-19(30)16-5-7-18(8-6-16)32-21(23)24)27-14-17-4-3-9-26-20(17)29-10-12-31-13-11-29/h3-9,19,21,30H,2,10-15H2,1H3,(H2,25,27,28). The third-order valence-electron chi connectivity index (χ3n) is 4.88. The van der Waals surface area contributed by atoms with E-state index in [1.54, 1.807) is 18.3 Å². The number of aliphatic hydroxyl groups excluding tert-OH is 1. The van der Waals surface area contributed by atoms with Crippen LogP contribution < -0.4 is 20.3 Å². The molecule has 0 aliphatic carbocycles. The van der Waals surface area contributed by atoms with Gasteiger partial charge in [-0.25, -0.2) is 9.98 Å². The van der Waals surface area contributed by atoms with E-state index in [2.05, 4.69) is 30.2 Å². The number of hydrogen-bond donors (Lipinski definition) is 3. The van der Waals surface area contributed by atoms with Crippen LogP contribution in [0.4, 0.5) is 14.6 Å². The smallest absolute Gasteiger partial charge is 0.387 e. The van der Waals surface area contributed by atoms with E-state index >= 15 is 0 Å². The topological polar surface area (TPSA) is 91.2 Å². The van der Waals surface area contributed by atoms with Gasteiger partial charge in [-0.05, 0) is 30.7 Å². The van der Waals surface area contributed by atoms with Crippen LogP contribution in [0.25, 0.3) is 0 Å². The molecule has 174 valence electrons. The molecule has 1 atom stereocenters. The second-order valence-corrected chi connectivity index (χ2v) is 7.12. The molecule has 2 heterocycles. The molecule has 1 saturated heterocycles. The van der Waals surface area contributed by atoms with Gasteiger partial charge in [-0.3, -0.25) is 0 Å². The Bertz CT molecular complexity index is 861. The van der Waals surface area contributed by atoms with Crippen molar-refractivity contribution in [1.82, 2.24) is 15.6 Å². The molecule has 1 fully saturated rings. The number of nitrogens with one attached hydrogen (secondary N) is 2. The van der Waals surface area contributed by atoms with Crippen LogP contribution in [0.15, 0.2) is 47.6 Å². The van der Waals surface area contributed by atoms with E-state index in [0.29, 0.717) is 37.8 Å². The molecular weight excluding hydrogens is 420 g/mol. The van der Waals surface area contributed by atoms with E-state index in [-0.39, 0.29) is 12.3 Å². The van der Waals surface area contributed by atoms with Crippen LogP contribution in [0.5, 0.6) is 5.75 Å². The van der Waals surface area contributed by atoms with E-state index in [4.69, 9.17) is 4.74 Å². The Labute approximate surface area is 186 Å². The first-order chi connectivity index (χ1) is 15.6. The molecule has 2 aromatic rings. The van der Waals surface area contributed by atoms with Crippen LogP contribution in [0.2, 0.25) is 0 Å². The quantitative estimate of drug-likeness (QED) is 0.400. The fourth-order valence-electron chi connectivity index (χ4n) is 3.30. The number of hydrogen-bond acceptors (Lipinski definition) is 6. The Morgan fingerprint density at radius 3 is 2.66 bits per heavy atom. The maximum absolute atomic E-state index is 12.3. The fraction of sp³-hybridized carbons (Fsp3) is 0.455. The molecule has 1 aromatic heterocycles. The molecule has 0 bridgehead atoms. The van der Waals surface area contributed by atoms with Gasteiger partial charge < -0.3 is 30.1 Å². The highest BCUT2D eigenvalue weighted by Gasteiger charge is 2.16. The van der Waals surface area contributed by atoms with E-state index in [1.165, 1.54) is 12.1 Å². The zero-order chi connectivity index (χ0) is 22.8. The minimum absolute atomic E-state index is 0.0475. The van der Waals surface area contributed by atoms with Gasteiger partial charge in [-0.15, -0.1) is 0 Å². The van der Waals surface area contributed by atoms with E-state index in [1.807, 2.05) is 19.1 Å². The number of alkyl halides is 2. The summed E-state index contributed by atoms with van der Waals surface area (Å²) in [6.07, 6.45) is 0.928. The number of pyridine rings is 1. The second-order valence-electron chi connectivity index (χ2n) is 7.12. The zero-order valence-corrected chi connectivity index (χ0v) is 18.0. The van der Waals surface area contributed by atoms with Crippen molar-refractivity contribution in [2.75, 3.05) is 44.3 Å². The number of nitrogens with zero attached hydrogens (tertiary/aromatic N) is 3. The number of ether oxygens (including phenoxy) is 2. The van der Waals surface area contributed by atoms with Crippen molar-refractivity contribution < 1.29 is 23.4 Å². The molecule has 0 amide bonds. The minimum Gasteiger partial charge on any atom is -0.435 e. The Morgan fingerprint density at radius 2 is 1.97 bits per heavy atom. The highest BCUT2D eigenvalue weighted by atomic mass is 19.3. The molecular formula is C22H29F2N5O3. The summed E-state index contributed by atoms with van der Waals surface area (Å²) in [5.41, 5.74) is 1.58. The Hall–Kier alpha value is -2.98. The van der Waals surface area contributed by atoms with Crippen molar-refractivity contribution in [2.45, 2.75) is 26.2 Å². The van der Waals surface area contributed by atoms with Crippen LogP contribution in [-0.4, -0.2) is 62.1 Å². The van der Waals surface area contributed by atoms with Gasteiger partial charge in [0, 0.05) is 37.9 Å². The van der Waals surface area contributed by atoms with Gasteiger partial charge in [-0.1, -0.05) is 18.2 Å². The number of aliphatic imine (C=N–C) groups is 1. The summed E-state index contributed by atoms with van der Waals surface area (Å²) in [5, 5.41) is 16.7. The lowest BCUT2D eigenvalue weighted by Crippen LogP contribution is -2.39. The molecule has 1 aliphatic rings. The van der Waals surface area contributed by atoms with Gasteiger partial charge in [0.2, 0.25) is 0 Å². The molecule has 10 heteroatoms. The normalized spacial score (nSPS) is 15.5. The molecule has 0 saturated carbocycles. The number of anilines is 1. The van der Waals surface area contributed by atoms with Crippen molar-refractivity contribution in [3.8, 4) is 5.75 Å². The summed E-state index contributed by atoms with van der Waals surface area (Å²) in [6, 6.07) is 9.80. The van der Waals surface area contributed by atoms with Crippen molar-refractivity contribution >= 4 is 11.8 Å². The predicted octanol–water partition coefficient (Wildman–Crippen LogP) is 2.31. The number of halogens is 2. The number of aromatic nitrogens is 1. The summed E-state index contributed by atoms with van der Waals surface area (Å²) in [7, 11) is 0. The molecule has 3 N–H and O–H groups in total. The van der Waals surface area contributed by atoms with Crippen molar-refractivity contribution in [3.05, 3.63) is 53.7 Å². The molecule has 1 aliphatic heterocycles. The summed E-state index contributed by atoms with van der Waals surface area (Å²) < 4.78 is 34.3. The average Bonchev–Trinajstić information content (AvgIpc) is 2.81. The average molecular weight is 450 g/mol. The lowest BCUT2D eigenvalue weighted by atomic mass is 10.1. The van der Waals surface area contributed by atoms with Crippen LogP contribution >= 0.6 is 0 Å². The zero-order valence-electron chi connectivity index (χ0n) is 18.0. The molecule has 8 nitrogen and oxygen atoms in total. The SMILES string of the molecule is CCNC(=NCc1cccnc1N1CCOCC1)NCC(O)c1ccc(OC(F)F)cc1. The molecule has 0 radical (unpaired) electrons. The molecule has 1 aromatic carbocycles. The van der Waals surface area contributed by atoms with Crippen LogP contribution in [-0.2, 0) is 11.3 Å². The summed E-state index contributed by atoms with van der Waals surface area (Å²) in [4.78, 5) is 11.4. The van der Waals surface area contributed by atoms with Gasteiger partial charge in [0.1, 0.15) is 11.6 Å². The third-order valence-corrected chi connectivity index (χ3v) is 4.88. The van der Waals surface area contributed by atoms with Crippen molar-refractivity contribution in [3.63, 3.8) is 0 Å². The minimum atomic E-state index is -2.88. The first-order valence-corrected chi connectivity index (χ1v) is 10.6. The molecule has 0 spiro atoms. The van der Waals surface area contributed by atoms with Gasteiger partial charge in [0.25, 0.3) is 0 Å². The Balaban J connectivity index is 1.60. The lowest BCUT2D eigenvalue weighted by molar-refractivity contribution is -0.0498. The highest BCUT2D eigenvalue weighted by molar-refractivity contribution is 5.79. The number of guanidine groups is 1. The van der Waals surface area contributed by atoms with Crippen molar-refractivity contribution in [2.24, 2.45) is 4.99 Å². The number of morpholine rings is 1. The van der Waals surface area contributed by atoms with Gasteiger partial charge in [0.15, 0.2) is 5.96 Å². The van der Waals surface area contributed by atoms with E-state index < -0.39 is 12.7 Å². The first-order valence-electron chi connectivity index (χ1n) is 10.6. The van der Waals surface area contributed by atoms with Crippen LogP contribution in [0.3, 0.4) is 0 Å². The number of rotatable bonds is 9. The monoisotopic (exact) mass is 449 g/mol. The van der Waals surface area contributed by atoms with Gasteiger partial charge >= 0.3 is 6.61 Å². The largest absolute Gasteiger partial charge is 0.435 e. The predicted molar refractivity (Wildman–Crippen MR) is 118 cm³/mol. The lowest BCUT2D eigenvalue weighted by Gasteiger charge is -2.29. The number of benzene rings is 1. The van der Waals surface area contributed by atoms with Gasteiger partial charge in [0.05, 0.1) is 25.9 Å². The van der Waals surface area contributed by atoms with Crippen LogP contribution in [0.1, 0.15) is 24.2 Å². The van der Waals surface area contributed by atoms with Crippen molar-refractivity contribution in [1.29, 1.82) is 0 Å². The summed E-state index contributed by atoms with van der Waals surface area (Å²) in [5.74, 6) is 1.51. The van der Waals surface area contributed by atoms with Gasteiger partial charge in [-0.2, -0.15) is 8.78 Å². The van der Waals surface area contributed by atoms with E-state index in [9.17, 15) is 13.9 Å². The molecule has 1 unspecified atom stereocenters. The van der Waals surface area contributed by atoms with Crippen LogP contribution in [0, 0.1) is 0 Å². The third kappa shape index (κ3) is 7.03. The fourth-order valence-corrected chi connectivity index (χ4v) is 3.30. The second kappa shape index (κ2) is 12.2. The maximum Gasteiger partial charge on any atom is 0.387 e. The highest BCUT2D eigenvalue weighted by Crippen LogP contribution is 2.20. The molecule has 3 rings (SSSR count). The van der Waals surface area contributed by atoms with E-state index in [0.717, 1.165) is 24.5 Å². The number of aliphatic hydroxyl groups is 1. The summed E-state index contributed by atoms with van der Waals surface area (Å²) in [6.45, 7) is 3.29. The maximum atomic E-state index is 12.3. The first kappa shape index (κ1) is 23.7. The summed E-state index contributed by atoms with van der Waals surface area (Å²) >= 11 is 0.